The molecule has 0 aromatic carbocycles. The minimum Gasteiger partial charge on any atom is -0.469 e. The summed E-state index contributed by atoms with van der Waals surface area (Å²) in [4.78, 5) is 25.9. The van der Waals surface area contributed by atoms with Crippen LogP contribution in [0.3, 0.4) is 0 Å². The van der Waals surface area contributed by atoms with Gasteiger partial charge in [-0.05, 0) is 25.7 Å². The van der Waals surface area contributed by atoms with Crippen LogP contribution in [0.2, 0.25) is 0 Å². The van der Waals surface area contributed by atoms with E-state index in [4.69, 9.17) is 4.74 Å². The third-order valence-corrected chi connectivity index (χ3v) is 4.55. The van der Waals surface area contributed by atoms with Crippen molar-refractivity contribution in [3.8, 4) is 0 Å². The number of likely N-dealkylation sites (tertiary alicyclic amines) is 1. The van der Waals surface area contributed by atoms with Crippen LogP contribution < -0.4 is 0 Å². The van der Waals surface area contributed by atoms with Gasteiger partial charge in [0, 0.05) is 19.0 Å². The van der Waals surface area contributed by atoms with Gasteiger partial charge in [0.1, 0.15) is 0 Å². The Morgan fingerprint density at radius 2 is 1.47 bits per heavy atom. The average Bonchev–Trinajstić information content (AvgIpc) is 2.75. The molecule has 0 atom stereocenters. The number of piperidine rings is 1. The fourth-order valence-corrected chi connectivity index (χ4v) is 3.29. The normalized spacial score (nSPS) is 22.9. The van der Waals surface area contributed by atoms with Gasteiger partial charge in [0.2, 0.25) is 5.91 Å². The molecule has 108 valence electrons. The number of esters is 1. The molecule has 0 aromatic rings. The summed E-state index contributed by atoms with van der Waals surface area (Å²) in [5.41, 5.74) is 0. The van der Waals surface area contributed by atoms with Crippen LogP contribution in [0.4, 0.5) is 0 Å². The van der Waals surface area contributed by atoms with Gasteiger partial charge in [0.15, 0.2) is 0 Å². The van der Waals surface area contributed by atoms with Crippen LogP contribution in [0.1, 0.15) is 51.4 Å². The van der Waals surface area contributed by atoms with Crippen molar-refractivity contribution < 1.29 is 14.3 Å². The largest absolute Gasteiger partial charge is 0.469 e. The van der Waals surface area contributed by atoms with E-state index in [1.807, 2.05) is 4.90 Å². The summed E-state index contributed by atoms with van der Waals surface area (Å²) >= 11 is 0. The summed E-state index contributed by atoms with van der Waals surface area (Å²) < 4.78 is 4.78. The molecule has 1 heterocycles. The third kappa shape index (κ3) is 3.71. The first-order valence-electron chi connectivity index (χ1n) is 7.59. The van der Waals surface area contributed by atoms with Crippen molar-refractivity contribution in [3.05, 3.63) is 0 Å². The maximum absolute atomic E-state index is 12.5. The number of rotatable bonds is 2. The molecule has 0 bridgehead atoms. The average molecular weight is 267 g/mol. The van der Waals surface area contributed by atoms with Gasteiger partial charge in [-0.2, -0.15) is 0 Å². The summed E-state index contributed by atoms with van der Waals surface area (Å²) in [6, 6.07) is 0. The van der Waals surface area contributed by atoms with Crippen molar-refractivity contribution in [1.82, 2.24) is 4.90 Å². The third-order valence-electron chi connectivity index (χ3n) is 4.55. The lowest BCUT2D eigenvalue weighted by Crippen LogP contribution is -2.43. The fraction of sp³-hybridized carbons (Fsp3) is 0.867. The Balaban J connectivity index is 1.83. The zero-order valence-corrected chi connectivity index (χ0v) is 11.9. The summed E-state index contributed by atoms with van der Waals surface area (Å²) in [5.74, 6) is 0.423. The molecule has 0 aromatic heterocycles. The highest BCUT2D eigenvalue weighted by Gasteiger charge is 2.31. The van der Waals surface area contributed by atoms with E-state index in [1.54, 1.807) is 0 Å². The summed E-state index contributed by atoms with van der Waals surface area (Å²) in [6.07, 6.45) is 8.54. The van der Waals surface area contributed by atoms with E-state index in [9.17, 15) is 9.59 Å². The molecule has 0 spiro atoms. The second-order valence-corrected chi connectivity index (χ2v) is 5.81. The Kier molecular flexibility index (Phi) is 5.23. The monoisotopic (exact) mass is 267 g/mol. The lowest BCUT2D eigenvalue weighted by atomic mass is 9.93. The number of nitrogens with zero attached hydrogens (tertiary/aromatic N) is 1. The van der Waals surface area contributed by atoms with Crippen LogP contribution in [0.15, 0.2) is 0 Å². The Morgan fingerprint density at radius 1 is 0.895 bits per heavy atom. The zero-order chi connectivity index (χ0) is 13.7. The second kappa shape index (κ2) is 6.92. The quantitative estimate of drug-likeness (QED) is 0.570. The van der Waals surface area contributed by atoms with Crippen LogP contribution in [-0.2, 0) is 14.3 Å². The van der Waals surface area contributed by atoms with Gasteiger partial charge >= 0.3 is 5.97 Å². The van der Waals surface area contributed by atoms with Crippen LogP contribution in [0.5, 0.6) is 0 Å². The van der Waals surface area contributed by atoms with Crippen LogP contribution in [0, 0.1) is 11.8 Å². The van der Waals surface area contributed by atoms with Gasteiger partial charge in [0.25, 0.3) is 0 Å². The van der Waals surface area contributed by atoms with Crippen molar-refractivity contribution in [2.75, 3.05) is 20.2 Å². The molecule has 2 aliphatic rings. The molecule has 0 N–H and O–H groups in total. The highest BCUT2D eigenvalue weighted by molar-refractivity contribution is 5.79. The molecule has 1 saturated carbocycles. The van der Waals surface area contributed by atoms with Gasteiger partial charge in [-0.3, -0.25) is 9.59 Å². The van der Waals surface area contributed by atoms with Crippen LogP contribution >= 0.6 is 0 Å². The van der Waals surface area contributed by atoms with Gasteiger partial charge in [-0.1, -0.05) is 25.7 Å². The minimum atomic E-state index is -0.124. The summed E-state index contributed by atoms with van der Waals surface area (Å²) in [7, 11) is 1.44. The van der Waals surface area contributed by atoms with Crippen molar-refractivity contribution in [1.29, 1.82) is 0 Å². The first-order chi connectivity index (χ1) is 9.22. The number of hydrogen-bond donors (Lipinski definition) is 0. The molecule has 1 amide bonds. The number of carbonyl (C=O) groups is 2. The first-order valence-corrected chi connectivity index (χ1v) is 7.59. The van der Waals surface area contributed by atoms with E-state index in [0.717, 1.165) is 38.8 Å². The van der Waals surface area contributed by atoms with E-state index in [2.05, 4.69) is 0 Å². The number of methoxy groups -OCH3 is 1. The Bertz CT molecular complexity index is 313. The maximum Gasteiger partial charge on any atom is 0.308 e. The van der Waals surface area contributed by atoms with Crippen molar-refractivity contribution in [2.45, 2.75) is 51.4 Å². The molecule has 4 nitrogen and oxygen atoms in total. The van der Waals surface area contributed by atoms with E-state index in [1.165, 1.54) is 32.8 Å². The maximum atomic E-state index is 12.5. The fourth-order valence-electron chi connectivity index (χ4n) is 3.29. The van der Waals surface area contributed by atoms with E-state index >= 15 is 0 Å². The van der Waals surface area contributed by atoms with E-state index in [0.29, 0.717) is 5.91 Å². The topological polar surface area (TPSA) is 46.6 Å². The van der Waals surface area contributed by atoms with E-state index < -0.39 is 0 Å². The van der Waals surface area contributed by atoms with Gasteiger partial charge in [0.05, 0.1) is 13.0 Å². The highest BCUT2D eigenvalue weighted by Crippen LogP contribution is 2.27. The van der Waals surface area contributed by atoms with Crippen LogP contribution in [-0.4, -0.2) is 37.0 Å². The SMILES string of the molecule is COC(=O)C1CCN(C(=O)C2CCCCCC2)CC1. The molecular weight excluding hydrogens is 242 g/mol. The molecule has 1 aliphatic heterocycles. The van der Waals surface area contributed by atoms with Crippen LogP contribution in [0.25, 0.3) is 0 Å². The van der Waals surface area contributed by atoms with Crippen molar-refractivity contribution in [3.63, 3.8) is 0 Å². The molecule has 4 heteroatoms. The predicted molar refractivity (Wildman–Crippen MR) is 72.5 cm³/mol. The predicted octanol–water partition coefficient (Wildman–Crippen LogP) is 2.37. The molecule has 2 rings (SSSR count). The molecule has 1 aliphatic carbocycles. The van der Waals surface area contributed by atoms with E-state index in [-0.39, 0.29) is 17.8 Å². The molecule has 19 heavy (non-hydrogen) atoms. The number of carbonyl (C=O) groups excluding carboxylic acids is 2. The molecule has 1 saturated heterocycles. The summed E-state index contributed by atoms with van der Waals surface area (Å²) in [6.45, 7) is 1.43. The molecule has 2 fully saturated rings. The Morgan fingerprint density at radius 3 is 2.00 bits per heavy atom. The lowest BCUT2D eigenvalue weighted by Gasteiger charge is -2.33. The smallest absolute Gasteiger partial charge is 0.308 e. The molecule has 0 radical (unpaired) electrons. The highest BCUT2D eigenvalue weighted by atomic mass is 16.5. The standard InChI is InChI=1S/C15H25NO3/c1-19-15(18)13-8-10-16(11-9-13)14(17)12-6-4-2-3-5-7-12/h12-13H,2-11H2,1H3. The van der Waals surface area contributed by atoms with Gasteiger partial charge < -0.3 is 9.64 Å². The molecule has 0 unspecified atom stereocenters. The summed E-state index contributed by atoms with van der Waals surface area (Å²) in [5, 5.41) is 0. The van der Waals surface area contributed by atoms with Gasteiger partial charge in [-0.25, -0.2) is 0 Å². The Labute approximate surface area is 115 Å². The lowest BCUT2D eigenvalue weighted by molar-refractivity contribution is -0.149. The minimum absolute atomic E-state index is 0.0109. The zero-order valence-electron chi connectivity index (χ0n) is 11.9. The second-order valence-electron chi connectivity index (χ2n) is 5.81. The molecular formula is C15H25NO3. The first kappa shape index (κ1) is 14.4. The number of hydrogen-bond acceptors (Lipinski definition) is 3. The number of amides is 1. The number of ether oxygens (including phenoxy) is 1. The Hall–Kier alpha value is -1.06. The van der Waals surface area contributed by atoms with Gasteiger partial charge in [-0.15, -0.1) is 0 Å². The van der Waals surface area contributed by atoms with Crippen molar-refractivity contribution >= 4 is 11.9 Å². The van der Waals surface area contributed by atoms with Crippen molar-refractivity contribution in [2.24, 2.45) is 11.8 Å².